The van der Waals surface area contributed by atoms with Crippen LogP contribution >= 0.6 is 0 Å². The Bertz CT molecular complexity index is 955. The van der Waals surface area contributed by atoms with E-state index in [4.69, 9.17) is 9.47 Å². The lowest BCUT2D eigenvalue weighted by Crippen LogP contribution is -2.29. The minimum Gasteiger partial charge on any atom is -0.493 e. The molecule has 0 bridgehead atoms. The Morgan fingerprint density at radius 1 is 1.03 bits per heavy atom. The van der Waals surface area contributed by atoms with Crippen molar-refractivity contribution in [3.63, 3.8) is 0 Å². The third kappa shape index (κ3) is 5.49. The van der Waals surface area contributed by atoms with Gasteiger partial charge in [0.1, 0.15) is 5.69 Å². The zero-order valence-corrected chi connectivity index (χ0v) is 19.0. The van der Waals surface area contributed by atoms with Crippen molar-refractivity contribution >= 4 is 17.3 Å². The summed E-state index contributed by atoms with van der Waals surface area (Å²) in [5, 5.41) is 11.8. The predicted molar refractivity (Wildman–Crippen MR) is 124 cm³/mol. The summed E-state index contributed by atoms with van der Waals surface area (Å²) < 4.78 is 10.6. The van der Waals surface area contributed by atoms with E-state index in [1.54, 1.807) is 38.3 Å². The largest absolute Gasteiger partial charge is 0.493 e. The molecule has 0 N–H and O–H groups in total. The molecular weight excluding hydrogens is 410 g/mol. The molecule has 1 amide bonds. The van der Waals surface area contributed by atoms with Crippen LogP contribution in [-0.2, 0) is 6.42 Å². The van der Waals surface area contributed by atoms with Gasteiger partial charge in [-0.2, -0.15) is 0 Å². The van der Waals surface area contributed by atoms with Gasteiger partial charge in [-0.15, -0.1) is 0 Å². The average Bonchev–Trinajstić information content (AvgIpc) is 3.10. The van der Waals surface area contributed by atoms with E-state index in [1.807, 2.05) is 18.2 Å². The molecular formula is C24H31N3O5. The molecule has 0 saturated carbocycles. The average molecular weight is 442 g/mol. The third-order valence-corrected chi connectivity index (χ3v) is 5.90. The van der Waals surface area contributed by atoms with Gasteiger partial charge in [0.15, 0.2) is 11.5 Å². The second-order valence-electron chi connectivity index (χ2n) is 8.03. The van der Waals surface area contributed by atoms with E-state index in [0.29, 0.717) is 35.7 Å². The minimum absolute atomic E-state index is 0.00830. The zero-order chi connectivity index (χ0) is 23.1. The van der Waals surface area contributed by atoms with Crippen molar-refractivity contribution in [2.45, 2.75) is 32.1 Å². The van der Waals surface area contributed by atoms with Crippen molar-refractivity contribution in [2.75, 3.05) is 45.8 Å². The highest BCUT2D eigenvalue weighted by Gasteiger charge is 2.23. The van der Waals surface area contributed by atoms with Crippen molar-refractivity contribution < 1.29 is 19.2 Å². The van der Waals surface area contributed by atoms with Gasteiger partial charge >= 0.3 is 0 Å². The topological polar surface area (TPSA) is 85.2 Å². The number of nitrogens with zero attached hydrogens (tertiary/aromatic N) is 3. The maximum Gasteiger partial charge on any atom is 0.293 e. The van der Waals surface area contributed by atoms with Crippen LogP contribution in [0.2, 0.25) is 0 Å². The second kappa shape index (κ2) is 10.8. The number of carbonyl (C=O) groups excluding carboxylic acids is 1. The van der Waals surface area contributed by atoms with Crippen molar-refractivity contribution in [1.82, 2.24) is 4.90 Å². The monoisotopic (exact) mass is 441 g/mol. The van der Waals surface area contributed by atoms with Crippen LogP contribution in [0.1, 0.15) is 41.6 Å². The number of hydrogen-bond donors (Lipinski definition) is 0. The molecule has 1 aliphatic heterocycles. The number of anilines is 1. The van der Waals surface area contributed by atoms with Crippen molar-refractivity contribution in [3.05, 3.63) is 57.6 Å². The molecule has 1 fully saturated rings. The Morgan fingerprint density at radius 2 is 1.72 bits per heavy atom. The first-order chi connectivity index (χ1) is 15.4. The molecule has 8 heteroatoms. The van der Waals surface area contributed by atoms with Crippen LogP contribution < -0.4 is 14.4 Å². The third-order valence-electron chi connectivity index (χ3n) is 5.90. The fraction of sp³-hybridized carbons (Fsp3) is 0.458. The summed E-state index contributed by atoms with van der Waals surface area (Å²) in [6.45, 7) is 2.08. The summed E-state index contributed by atoms with van der Waals surface area (Å²) in [7, 11) is 4.87. The van der Waals surface area contributed by atoms with Gasteiger partial charge < -0.3 is 19.3 Å². The van der Waals surface area contributed by atoms with E-state index in [-0.39, 0.29) is 16.5 Å². The van der Waals surface area contributed by atoms with Crippen LogP contribution in [-0.4, -0.2) is 56.6 Å². The number of amides is 1. The smallest absolute Gasteiger partial charge is 0.293 e. The van der Waals surface area contributed by atoms with Crippen LogP contribution in [0.5, 0.6) is 11.5 Å². The highest BCUT2D eigenvalue weighted by molar-refractivity contribution is 5.95. The first-order valence-electron chi connectivity index (χ1n) is 10.9. The number of nitro groups is 1. The highest BCUT2D eigenvalue weighted by atomic mass is 16.6. The lowest BCUT2D eigenvalue weighted by Gasteiger charge is -2.23. The van der Waals surface area contributed by atoms with Gasteiger partial charge in [0.25, 0.3) is 11.6 Å². The summed E-state index contributed by atoms with van der Waals surface area (Å²) in [5.74, 6) is 1.05. The van der Waals surface area contributed by atoms with E-state index >= 15 is 0 Å². The summed E-state index contributed by atoms with van der Waals surface area (Å²) in [4.78, 5) is 28.0. The lowest BCUT2D eigenvalue weighted by molar-refractivity contribution is -0.384. The van der Waals surface area contributed by atoms with Gasteiger partial charge in [-0.05, 0) is 49.1 Å². The van der Waals surface area contributed by atoms with Gasteiger partial charge in [-0.1, -0.05) is 18.9 Å². The summed E-state index contributed by atoms with van der Waals surface area (Å²) in [6.07, 6.45) is 4.96. The molecule has 2 aromatic rings. The zero-order valence-electron chi connectivity index (χ0n) is 19.0. The number of carbonyl (C=O) groups is 1. The maximum atomic E-state index is 13.0. The molecule has 1 aliphatic rings. The molecule has 0 aromatic heterocycles. The van der Waals surface area contributed by atoms with Crippen LogP contribution in [0.15, 0.2) is 36.4 Å². The number of methoxy groups -OCH3 is 2. The molecule has 3 rings (SSSR count). The van der Waals surface area contributed by atoms with Crippen LogP contribution in [0.3, 0.4) is 0 Å². The molecule has 0 radical (unpaired) electrons. The van der Waals surface area contributed by atoms with E-state index in [1.165, 1.54) is 6.07 Å². The molecule has 0 atom stereocenters. The van der Waals surface area contributed by atoms with E-state index in [2.05, 4.69) is 4.90 Å². The predicted octanol–water partition coefficient (Wildman–Crippen LogP) is 4.31. The summed E-state index contributed by atoms with van der Waals surface area (Å²) in [5.41, 5.74) is 1.92. The molecule has 8 nitrogen and oxygen atoms in total. The Balaban J connectivity index is 1.72. The van der Waals surface area contributed by atoms with Gasteiger partial charge in [-0.3, -0.25) is 14.9 Å². The van der Waals surface area contributed by atoms with Crippen LogP contribution in [0.25, 0.3) is 0 Å². The fourth-order valence-corrected chi connectivity index (χ4v) is 4.04. The SMILES string of the molecule is COc1ccc(CCN(C)C(=O)c2ccc(N3CCCCCC3)c([N+](=O)[O-])c2)cc1OC. The minimum atomic E-state index is -0.388. The molecule has 32 heavy (non-hydrogen) atoms. The van der Waals surface area contributed by atoms with Gasteiger partial charge in [0, 0.05) is 38.3 Å². The van der Waals surface area contributed by atoms with Crippen LogP contribution in [0, 0.1) is 10.1 Å². The normalized spacial score (nSPS) is 13.9. The number of likely N-dealkylation sites (N-methyl/N-ethyl adjacent to an activating group) is 1. The molecule has 1 heterocycles. The number of ether oxygens (including phenoxy) is 2. The molecule has 2 aromatic carbocycles. The Kier molecular flexibility index (Phi) is 7.92. The lowest BCUT2D eigenvalue weighted by atomic mass is 10.1. The number of hydrogen-bond acceptors (Lipinski definition) is 6. The van der Waals surface area contributed by atoms with E-state index in [9.17, 15) is 14.9 Å². The molecule has 0 unspecified atom stereocenters. The summed E-state index contributed by atoms with van der Waals surface area (Å²) in [6, 6.07) is 10.5. The van der Waals surface area contributed by atoms with Crippen LogP contribution in [0.4, 0.5) is 11.4 Å². The molecule has 1 saturated heterocycles. The first kappa shape index (κ1) is 23.4. The van der Waals surface area contributed by atoms with Crippen molar-refractivity contribution in [3.8, 4) is 11.5 Å². The molecule has 172 valence electrons. The fourth-order valence-electron chi connectivity index (χ4n) is 4.04. The Morgan fingerprint density at radius 3 is 2.34 bits per heavy atom. The quantitative estimate of drug-likeness (QED) is 0.448. The van der Waals surface area contributed by atoms with Gasteiger partial charge in [0.05, 0.1) is 19.1 Å². The van der Waals surface area contributed by atoms with Gasteiger partial charge in [-0.25, -0.2) is 0 Å². The standard InChI is InChI=1S/C24H31N3O5/c1-25(15-12-18-8-11-22(31-2)23(16-18)32-3)24(28)19-9-10-20(21(17-19)27(29)30)26-13-6-4-5-7-14-26/h8-11,16-17H,4-7,12-15H2,1-3H3. The first-order valence-corrected chi connectivity index (χ1v) is 10.9. The number of rotatable bonds is 8. The Labute approximate surface area is 188 Å². The summed E-state index contributed by atoms with van der Waals surface area (Å²) >= 11 is 0. The molecule has 0 aliphatic carbocycles. The van der Waals surface area contributed by atoms with Crippen molar-refractivity contribution in [1.29, 1.82) is 0 Å². The van der Waals surface area contributed by atoms with E-state index in [0.717, 1.165) is 44.3 Å². The second-order valence-corrected chi connectivity index (χ2v) is 8.03. The number of nitro benzene ring substituents is 1. The van der Waals surface area contributed by atoms with Gasteiger partial charge in [0.2, 0.25) is 0 Å². The Hall–Kier alpha value is -3.29. The molecule has 0 spiro atoms. The van der Waals surface area contributed by atoms with E-state index < -0.39 is 0 Å². The number of benzene rings is 2. The highest BCUT2D eigenvalue weighted by Crippen LogP contribution is 2.31. The maximum absolute atomic E-state index is 13.0. The van der Waals surface area contributed by atoms with Crippen molar-refractivity contribution in [2.24, 2.45) is 0 Å².